The number of anilines is 1. The molecule has 1 atom stereocenters. The van der Waals surface area contributed by atoms with Crippen LogP contribution in [0, 0.1) is 12.7 Å². The SMILES string of the molecule is Cc1cc2c(cnn2-c2ccc(F)cc2)cc1N1CC[C@@H](NS(=O)(=O)c2cnn(C)c2)C1. The van der Waals surface area contributed by atoms with E-state index >= 15 is 0 Å². The van der Waals surface area contributed by atoms with E-state index in [0.29, 0.717) is 13.0 Å². The normalized spacial score (nSPS) is 16.8. The van der Waals surface area contributed by atoms with Crippen molar-refractivity contribution in [2.24, 2.45) is 7.05 Å². The highest BCUT2D eigenvalue weighted by molar-refractivity contribution is 7.89. The van der Waals surface area contributed by atoms with E-state index in [2.05, 4.69) is 32.0 Å². The summed E-state index contributed by atoms with van der Waals surface area (Å²) in [6.45, 7) is 3.36. The summed E-state index contributed by atoms with van der Waals surface area (Å²) in [6, 6.07) is 10.2. The van der Waals surface area contributed by atoms with Crippen LogP contribution in [0.2, 0.25) is 0 Å². The number of nitrogens with one attached hydrogen (secondary N) is 1. The van der Waals surface area contributed by atoms with E-state index in [1.165, 1.54) is 29.2 Å². The Balaban J connectivity index is 1.37. The zero-order valence-electron chi connectivity index (χ0n) is 17.7. The summed E-state index contributed by atoms with van der Waals surface area (Å²) < 4.78 is 44.6. The minimum atomic E-state index is -3.60. The van der Waals surface area contributed by atoms with Crippen LogP contribution >= 0.6 is 0 Å². The Bertz CT molecular complexity index is 1390. The van der Waals surface area contributed by atoms with Crippen molar-refractivity contribution in [2.75, 3.05) is 18.0 Å². The Morgan fingerprint density at radius 1 is 1.12 bits per heavy atom. The fraction of sp³-hybridized carbons (Fsp3) is 0.273. The molecule has 0 spiro atoms. The van der Waals surface area contributed by atoms with Crippen LogP contribution in [0.15, 0.2) is 59.9 Å². The summed E-state index contributed by atoms with van der Waals surface area (Å²) in [5.74, 6) is -0.286. The van der Waals surface area contributed by atoms with Gasteiger partial charge in [0, 0.05) is 43.4 Å². The van der Waals surface area contributed by atoms with Gasteiger partial charge in [0.25, 0.3) is 0 Å². The van der Waals surface area contributed by atoms with E-state index in [1.54, 1.807) is 30.1 Å². The van der Waals surface area contributed by atoms with Gasteiger partial charge in [-0.15, -0.1) is 0 Å². The molecule has 1 saturated heterocycles. The largest absolute Gasteiger partial charge is 0.370 e. The number of aromatic nitrogens is 4. The van der Waals surface area contributed by atoms with Gasteiger partial charge in [0.15, 0.2) is 0 Å². The van der Waals surface area contributed by atoms with Gasteiger partial charge in [-0.3, -0.25) is 4.68 Å². The van der Waals surface area contributed by atoms with Gasteiger partial charge in [0.2, 0.25) is 10.0 Å². The number of benzene rings is 2. The maximum absolute atomic E-state index is 13.3. The number of nitrogens with zero attached hydrogens (tertiary/aromatic N) is 5. The zero-order valence-corrected chi connectivity index (χ0v) is 18.6. The first kappa shape index (κ1) is 20.7. The first-order valence-corrected chi connectivity index (χ1v) is 11.8. The topological polar surface area (TPSA) is 85.1 Å². The standard InChI is InChI=1S/C22H23FN6O2S/c1-15-9-22-16(11-25-29(22)19-5-3-17(23)4-6-19)10-21(15)28-8-7-18(13-28)26-32(30,31)20-12-24-27(2)14-20/h3-6,9-12,14,18,26H,7-8,13H2,1-2H3/t18-/m1/s1. The minimum Gasteiger partial charge on any atom is -0.370 e. The molecule has 1 fully saturated rings. The molecule has 166 valence electrons. The van der Waals surface area contributed by atoms with E-state index in [9.17, 15) is 12.8 Å². The van der Waals surface area contributed by atoms with E-state index in [4.69, 9.17) is 0 Å². The van der Waals surface area contributed by atoms with Crippen LogP contribution in [0.3, 0.4) is 0 Å². The van der Waals surface area contributed by atoms with Gasteiger partial charge in [0.05, 0.1) is 23.6 Å². The number of aryl methyl sites for hydroxylation is 2. The van der Waals surface area contributed by atoms with E-state index in [1.807, 2.05) is 6.92 Å². The second-order valence-corrected chi connectivity index (χ2v) is 9.85. The summed E-state index contributed by atoms with van der Waals surface area (Å²) in [7, 11) is -1.92. The third-order valence-corrected chi connectivity index (χ3v) is 7.27. The van der Waals surface area contributed by atoms with Crippen molar-refractivity contribution in [3.63, 3.8) is 0 Å². The van der Waals surface area contributed by atoms with Gasteiger partial charge in [-0.05, 0) is 55.3 Å². The van der Waals surface area contributed by atoms with Crippen molar-refractivity contribution in [3.8, 4) is 5.69 Å². The van der Waals surface area contributed by atoms with Crippen LogP contribution in [0.1, 0.15) is 12.0 Å². The Morgan fingerprint density at radius 3 is 2.62 bits per heavy atom. The first-order chi connectivity index (χ1) is 15.3. The predicted octanol–water partition coefficient (Wildman–Crippen LogP) is 2.76. The molecule has 0 bridgehead atoms. The van der Waals surface area contributed by atoms with Crippen LogP contribution in [0.4, 0.5) is 10.1 Å². The highest BCUT2D eigenvalue weighted by atomic mass is 32.2. The van der Waals surface area contributed by atoms with Crippen molar-refractivity contribution >= 4 is 26.6 Å². The van der Waals surface area contributed by atoms with Gasteiger partial charge < -0.3 is 4.90 Å². The Hall–Kier alpha value is -3.24. The molecular weight excluding hydrogens is 431 g/mol. The molecule has 1 aliphatic heterocycles. The molecule has 0 radical (unpaired) electrons. The summed E-state index contributed by atoms with van der Waals surface area (Å²) in [5, 5.41) is 9.40. The van der Waals surface area contributed by atoms with Gasteiger partial charge in [0.1, 0.15) is 10.7 Å². The van der Waals surface area contributed by atoms with E-state index < -0.39 is 10.0 Å². The number of hydrogen-bond acceptors (Lipinski definition) is 5. The van der Waals surface area contributed by atoms with Crippen LogP contribution < -0.4 is 9.62 Å². The van der Waals surface area contributed by atoms with Crippen LogP contribution in [-0.2, 0) is 17.1 Å². The number of hydrogen-bond donors (Lipinski definition) is 1. The highest BCUT2D eigenvalue weighted by Crippen LogP contribution is 2.30. The van der Waals surface area contributed by atoms with Gasteiger partial charge >= 0.3 is 0 Å². The lowest BCUT2D eigenvalue weighted by Gasteiger charge is -2.21. The molecule has 1 N–H and O–H groups in total. The van der Waals surface area contributed by atoms with Gasteiger partial charge in [-0.1, -0.05) is 0 Å². The van der Waals surface area contributed by atoms with Crippen molar-refractivity contribution < 1.29 is 12.8 Å². The van der Waals surface area contributed by atoms with Crippen molar-refractivity contribution in [1.29, 1.82) is 0 Å². The summed E-state index contributed by atoms with van der Waals surface area (Å²) >= 11 is 0. The third kappa shape index (κ3) is 3.76. The molecule has 2 aromatic heterocycles. The lowest BCUT2D eigenvalue weighted by Crippen LogP contribution is -2.37. The third-order valence-electron chi connectivity index (χ3n) is 5.80. The molecule has 10 heteroatoms. The monoisotopic (exact) mass is 454 g/mol. The fourth-order valence-electron chi connectivity index (χ4n) is 4.20. The molecule has 0 amide bonds. The Labute approximate surface area is 185 Å². The van der Waals surface area contributed by atoms with Gasteiger partial charge in [-0.2, -0.15) is 10.2 Å². The molecule has 1 aliphatic rings. The van der Waals surface area contributed by atoms with Crippen LogP contribution in [0.25, 0.3) is 16.6 Å². The van der Waals surface area contributed by atoms with Crippen molar-refractivity contribution in [1.82, 2.24) is 24.3 Å². The molecular formula is C22H23FN6O2S. The number of rotatable bonds is 5. The van der Waals surface area contributed by atoms with Crippen molar-refractivity contribution in [3.05, 3.63) is 66.4 Å². The number of sulfonamides is 1. The van der Waals surface area contributed by atoms with Crippen LogP contribution in [-0.4, -0.2) is 47.1 Å². The molecule has 0 saturated carbocycles. The average molecular weight is 455 g/mol. The second kappa shape index (κ2) is 7.72. The summed E-state index contributed by atoms with van der Waals surface area (Å²) in [4.78, 5) is 2.37. The highest BCUT2D eigenvalue weighted by Gasteiger charge is 2.29. The van der Waals surface area contributed by atoms with Gasteiger partial charge in [-0.25, -0.2) is 22.2 Å². The molecule has 4 aromatic rings. The molecule has 32 heavy (non-hydrogen) atoms. The fourth-order valence-corrected chi connectivity index (χ4v) is 5.44. The maximum Gasteiger partial charge on any atom is 0.244 e. The molecule has 0 unspecified atom stereocenters. The van der Waals surface area contributed by atoms with E-state index in [0.717, 1.165) is 34.4 Å². The number of fused-ring (bicyclic) bond motifs is 1. The molecule has 2 aromatic carbocycles. The van der Waals surface area contributed by atoms with Crippen molar-refractivity contribution in [2.45, 2.75) is 24.3 Å². The summed E-state index contributed by atoms with van der Waals surface area (Å²) in [5.41, 5.74) is 3.85. The second-order valence-electron chi connectivity index (χ2n) is 8.13. The predicted molar refractivity (Wildman–Crippen MR) is 120 cm³/mol. The van der Waals surface area contributed by atoms with Crippen LogP contribution in [0.5, 0.6) is 0 Å². The minimum absolute atomic E-state index is 0.171. The quantitative estimate of drug-likeness (QED) is 0.501. The number of halogens is 1. The van der Waals surface area contributed by atoms with E-state index in [-0.39, 0.29) is 16.8 Å². The molecule has 8 nitrogen and oxygen atoms in total. The average Bonchev–Trinajstić information content (AvgIpc) is 3.48. The Kier molecular flexibility index (Phi) is 4.98. The molecule has 0 aliphatic carbocycles. The maximum atomic E-state index is 13.3. The molecule has 5 rings (SSSR count). The lowest BCUT2D eigenvalue weighted by atomic mass is 10.1. The Morgan fingerprint density at radius 2 is 1.91 bits per heavy atom. The first-order valence-electron chi connectivity index (χ1n) is 10.3. The zero-order chi connectivity index (χ0) is 22.5. The molecule has 3 heterocycles. The summed E-state index contributed by atoms with van der Waals surface area (Å²) in [6.07, 6.45) is 5.35. The lowest BCUT2D eigenvalue weighted by molar-refractivity contribution is 0.561. The smallest absolute Gasteiger partial charge is 0.244 e.